The Morgan fingerprint density at radius 1 is 1.08 bits per heavy atom. The summed E-state index contributed by atoms with van der Waals surface area (Å²) in [4.78, 5) is 37.8. The summed E-state index contributed by atoms with van der Waals surface area (Å²) >= 11 is 3.35. The van der Waals surface area contributed by atoms with Crippen LogP contribution in [0.2, 0.25) is 0 Å². The Labute approximate surface area is 149 Å². The van der Waals surface area contributed by atoms with E-state index in [1.54, 1.807) is 0 Å². The Morgan fingerprint density at radius 3 is 2.25 bits per heavy atom. The minimum absolute atomic E-state index is 0.0491. The second kappa shape index (κ2) is 7.47. The van der Waals surface area contributed by atoms with Crippen molar-refractivity contribution in [1.29, 1.82) is 0 Å². The van der Waals surface area contributed by atoms with Crippen LogP contribution in [0.1, 0.15) is 37.7 Å². The number of rotatable bonds is 5. The largest absolute Gasteiger partial charge is 0.461 e. The quantitative estimate of drug-likeness (QED) is 0.569. The summed E-state index contributed by atoms with van der Waals surface area (Å²) in [6.07, 6.45) is 3.64. The van der Waals surface area contributed by atoms with Crippen molar-refractivity contribution in [1.82, 2.24) is 4.90 Å². The molecule has 5 nitrogen and oxygen atoms in total. The second-order valence-corrected chi connectivity index (χ2v) is 7.28. The Hall–Kier alpha value is -1.69. The van der Waals surface area contributed by atoms with Crippen LogP contribution < -0.4 is 0 Å². The van der Waals surface area contributed by atoms with E-state index in [9.17, 15) is 14.4 Å². The maximum absolute atomic E-state index is 12.3. The highest BCUT2D eigenvalue weighted by Crippen LogP contribution is 2.37. The van der Waals surface area contributed by atoms with Crippen molar-refractivity contribution in [3.63, 3.8) is 0 Å². The zero-order valence-electron chi connectivity index (χ0n) is 13.4. The molecular formula is C18H20BrNO4. The monoisotopic (exact) mass is 393 g/mol. The first-order chi connectivity index (χ1) is 11.6. The van der Waals surface area contributed by atoms with E-state index in [0.717, 1.165) is 35.7 Å². The molecule has 1 heterocycles. The van der Waals surface area contributed by atoms with Crippen LogP contribution in [0.3, 0.4) is 0 Å². The highest BCUT2D eigenvalue weighted by atomic mass is 79.9. The third-order valence-corrected chi connectivity index (χ3v) is 5.31. The number of halogens is 1. The minimum Gasteiger partial charge on any atom is -0.461 e. The third-order valence-electron chi connectivity index (χ3n) is 4.79. The number of benzene rings is 1. The fourth-order valence-electron chi connectivity index (χ4n) is 3.47. The summed E-state index contributed by atoms with van der Waals surface area (Å²) in [5, 5.41) is 0. The lowest BCUT2D eigenvalue weighted by molar-refractivity contribution is -0.146. The van der Waals surface area contributed by atoms with Crippen LogP contribution in [-0.2, 0) is 25.7 Å². The first-order valence-electron chi connectivity index (χ1n) is 8.31. The van der Waals surface area contributed by atoms with E-state index < -0.39 is 5.97 Å². The van der Waals surface area contributed by atoms with Crippen molar-refractivity contribution in [2.24, 2.45) is 11.8 Å². The minimum atomic E-state index is -0.395. The molecule has 24 heavy (non-hydrogen) atoms. The number of imide groups is 1. The molecule has 1 aliphatic heterocycles. The van der Waals surface area contributed by atoms with Gasteiger partial charge in [0.15, 0.2) is 0 Å². The Bertz CT molecular complexity index is 619. The van der Waals surface area contributed by atoms with E-state index in [1.165, 1.54) is 4.90 Å². The van der Waals surface area contributed by atoms with Gasteiger partial charge in [-0.1, -0.05) is 40.9 Å². The summed E-state index contributed by atoms with van der Waals surface area (Å²) in [6.45, 7) is 0.323. The molecule has 0 N–H and O–H groups in total. The smallest absolute Gasteiger partial charge is 0.307 e. The average molecular weight is 394 g/mol. The van der Waals surface area contributed by atoms with Crippen molar-refractivity contribution in [2.45, 2.75) is 38.7 Å². The lowest BCUT2D eigenvalue weighted by Crippen LogP contribution is -2.33. The average Bonchev–Trinajstić information content (AvgIpc) is 2.84. The van der Waals surface area contributed by atoms with Gasteiger partial charge in [-0.15, -0.1) is 0 Å². The van der Waals surface area contributed by atoms with Crippen LogP contribution in [0.4, 0.5) is 0 Å². The number of hydrogen-bond donors (Lipinski definition) is 0. The number of amides is 2. The highest BCUT2D eigenvalue weighted by molar-refractivity contribution is 9.10. The van der Waals surface area contributed by atoms with Gasteiger partial charge in [-0.3, -0.25) is 19.3 Å². The zero-order valence-corrected chi connectivity index (χ0v) is 15.0. The van der Waals surface area contributed by atoms with Crippen molar-refractivity contribution >= 4 is 33.7 Å². The fraction of sp³-hybridized carbons (Fsp3) is 0.500. The molecule has 1 aromatic carbocycles. The molecule has 2 aliphatic rings. The van der Waals surface area contributed by atoms with Gasteiger partial charge in [0.25, 0.3) is 0 Å². The van der Waals surface area contributed by atoms with E-state index in [4.69, 9.17) is 4.74 Å². The molecule has 0 spiro atoms. The zero-order chi connectivity index (χ0) is 17.1. The molecule has 0 aromatic heterocycles. The number of nitrogens with zero attached hydrogens (tertiary/aromatic N) is 1. The van der Waals surface area contributed by atoms with Crippen LogP contribution in [0.5, 0.6) is 0 Å². The van der Waals surface area contributed by atoms with Crippen molar-refractivity contribution < 1.29 is 19.1 Å². The highest BCUT2D eigenvalue weighted by Gasteiger charge is 2.47. The molecule has 3 rings (SSSR count). The summed E-state index contributed by atoms with van der Waals surface area (Å²) < 4.78 is 6.18. The number of likely N-dealkylation sites (tertiary alicyclic amines) is 1. The second-order valence-electron chi connectivity index (χ2n) is 6.36. The number of carbonyl (C=O) groups excluding carboxylic acids is 3. The van der Waals surface area contributed by atoms with Crippen LogP contribution in [0.15, 0.2) is 28.7 Å². The predicted molar refractivity (Wildman–Crippen MR) is 90.7 cm³/mol. The van der Waals surface area contributed by atoms with Gasteiger partial charge in [-0.2, -0.15) is 0 Å². The number of ether oxygens (including phenoxy) is 1. The molecular weight excluding hydrogens is 374 g/mol. The molecule has 2 atom stereocenters. The van der Waals surface area contributed by atoms with Crippen molar-refractivity contribution in [2.75, 3.05) is 6.54 Å². The van der Waals surface area contributed by atoms with Crippen molar-refractivity contribution in [3.05, 3.63) is 34.3 Å². The predicted octanol–water partition coefficient (Wildman–Crippen LogP) is 3.06. The maximum atomic E-state index is 12.3. The summed E-state index contributed by atoms with van der Waals surface area (Å²) in [6, 6.07) is 7.50. The number of carbonyl (C=O) groups is 3. The SMILES string of the molecule is O=C(CCN1C(=O)[C@@H]2CCCC[C@H]2C1=O)OCc1ccc(Br)cc1. The fourth-order valence-corrected chi connectivity index (χ4v) is 3.74. The van der Waals surface area contributed by atoms with Gasteiger partial charge in [0.05, 0.1) is 18.3 Å². The Morgan fingerprint density at radius 2 is 1.67 bits per heavy atom. The topological polar surface area (TPSA) is 63.7 Å². The summed E-state index contributed by atoms with van der Waals surface area (Å²) in [5.41, 5.74) is 0.894. The van der Waals surface area contributed by atoms with E-state index in [0.29, 0.717) is 0 Å². The van der Waals surface area contributed by atoms with Gasteiger partial charge in [0, 0.05) is 11.0 Å². The number of hydrogen-bond acceptors (Lipinski definition) is 4. The molecule has 0 unspecified atom stereocenters. The third kappa shape index (κ3) is 3.69. The summed E-state index contributed by atoms with van der Waals surface area (Å²) in [7, 11) is 0. The van der Waals surface area contributed by atoms with Gasteiger partial charge in [0.2, 0.25) is 11.8 Å². The summed E-state index contributed by atoms with van der Waals surface area (Å²) in [5.74, 6) is -0.931. The van der Waals surface area contributed by atoms with Gasteiger partial charge in [-0.05, 0) is 30.5 Å². The lowest BCUT2D eigenvalue weighted by atomic mass is 9.81. The molecule has 6 heteroatoms. The normalized spacial score (nSPS) is 23.3. The van der Waals surface area contributed by atoms with E-state index in [2.05, 4.69) is 15.9 Å². The van der Waals surface area contributed by atoms with E-state index in [1.807, 2.05) is 24.3 Å². The lowest BCUT2D eigenvalue weighted by Gasteiger charge is -2.19. The van der Waals surface area contributed by atoms with Gasteiger partial charge in [-0.25, -0.2) is 0 Å². The Kier molecular flexibility index (Phi) is 5.33. The number of fused-ring (bicyclic) bond motifs is 1. The molecule has 1 saturated heterocycles. The van der Waals surface area contributed by atoms with Gasteiger partial charge in [0.1, 0.15) is 6.61 Å². The first kappa shape index (κ1) is 17.1. The molecule has 2 fully saturated rings. The standard InChI is InChI=1S/C18H20BrNO4/c19-13-7-5-12(6-8-13)11-24-16(21)9-10-20-17(22)14-3-1-2-4-15(14)18(20)23/h5-8,14-15H,1-4,9-11H2/t14-,15-/m1/s1. The molecule has 1 aromatic rings. The van der Waals surface area contributed by atoms with Crippen LogP contribution in [0, 0.1) is 11.8 Å². The van der Waals surface area contributed by atoms with Gasteiger partial charge < -0.3 is 4.74 Å². The molecule has 2 amide bonds. The van der Waals surface area contributed by atoms with Crippen LogP contribution >= 0.6 is 15.9 Å². The van der Waals surface area contributed by atoms with Crippen LogP contribution in [0.25, 0.3) is 0 Å². The van der Waals surface area contributed by atoms with Crippen molar-refractivity contribution in [3.8, 4) is 0 Å². The molecule has 0 bridgehead atoms. The first-order valence-corrected chi connectivity index (χ1v) is 9.11. The Balaban J connectivity index is 1.48. The molecule has 0 radical (unpaired) electrons. The van der Waals surface area contributed by atoms with E-state index >= 15 is 0 Å². The number of esters is 1. The molecule has 1 saturated carbocycles. The molecule has 128 valence electrons. The van der Waals surface area contributed by atoms with Crippen LogP contribution in [-0.4, -0.2) is 29.2 Å². The molecule has 1 aliphatic carbocycles. The van der Waals surface area contributed by atoms with E-state index in [-0.39, 0.29) is 43.2 Å². The van der Waals surface area contributed by atoms with Gasteiger partial charge >= 0.3 is 5.97 Å². The maximum Gasteiger partial charge on any atom is 0.307 e.